The molecule has 0 amide bonds. The van der Waals surface area contributed by atoms with E-state index in [0.717, 1.165) is 16.3 Å². The number of fused-ring (bicyclic) bond motifs is 2. The van der Waals surface area contributed by atoms with E-state index < -0.39 is 10.0 Å². The van der Waals surface area contributed by atoms with Crippen molar-refractivity contribution in [2.75, 3.05) is 13.2 Å². The molecule has 2 aromatic carbocycles. The predicted molar refractivity (Wildman–Crippen MR) is 112 cm³/mol. The quantitative estimate of drug-likeness (QED) is 0.518. The van der Waals surface area contributed by atoms with Crippen molar-refractivity contribution in [3.63, 3.8) is 0 Å². The summed E-state index contributed by atoms with van der Waals surface area (Å²) in [5, 5.41) is 1.74. The SMILES string of the molecule is O=S(=O)(NCC#CCOc1cccc2cccnc12)c1cccc2cccnc12. The Morgan fingerprint density at radius 3 is 2.28 bits per heavy atom. The van der Waals surface area contributed by atoms with Crippen molar-refractivity contribution in [3.05, 3.63) is 73.1 Å². The summed E-state index contributed by atoms with van der Waals surface area (Å²) in [7, 11) is -3.72. The summed E-state index contributed by atoms with van der Waals surface area (Å²) in [5.41, 5.74) is 1.20. The number of ether oxygens (including phenoxy) is 1. The molecule has 4 rings (SSSR count). The molecule has 1 N–H and O–H groups in total. The fourth-order valence-corrected chi connectivity index (χ4v) is 4.02. The number of para-hydroxylation sites is 2. The van der Waals surface area contributed by atoms with Crippen molar-refractivity contribution in [1.82, 2.24) is 14.7 Å². The van der Waals surface area contributed by atoms with Crippen LogP contribution in [0.3, 0.4) is 0 Å². The summed E-state index contributed by atoms with van der Waals surface area (Å²) in [6, 6.07) is 18.1. The number of pyridine rings is 2. The van der Waals surface area contributed by atoms with Gasteiger partial charge in [-0.2, -0.15) is 4.72 Å². The highest BCUT2D eigenvalue weighted by atomic mass is 32.2. The molecule has 29 heavy (non-hydrogen) atoms. The first-order valence-electron chi connectivity index (χ1n) is 8.91. The Labute approximate surface area is 168 Å². The molecule has 6 nitrogen and oxygen atoms in total. The number of sulfonamides is 1. The molecule has 144 valence electrons. The fraction of sp³-hybridized carbons (Fsp3) is 0.0909. The molecular weight excluding hydrogens is 386 g/mol. The van der Waals surface area contributed by atoms with Gasteiger partial charge in [0.25, 0.3) is 0 Å². The van der Waals surface area contributed by atoms with Gasteiger partial charge >= 0.3 is 0 Å². The molecule has 2 aromatic heterocycles. The molecule has 0 radical (unpaired) electrons. The van der Waals surface area contributed by atoms with Gasteiger partial charge in [0.05, 0.1) is 12.1 Å². The van der Waals surface area contributed by atoms with Gasteiger partial charge in [0.1, 0.15) is 22.8 Å². The molecule has 0 aliphatic carbocycles. The van der Waals surface area contributed by atoms with Crippen molar-refractivity contribution in [2.45, 2.75) is 4.90 Å². The second kappa shape index (κ2) is 8.27. The van der Waals surface area contributed by atoms with Crippen LogP contribution in [0.25, 0.3) is 21.8 Å². The number of rotatable bonds is 5. The van der Waals surface area contributed by atoms with E-state index in [4.69, 9.17) is 4.74 Å². The van der Waals surface area contributed by atoms with Gasteiger partial charge in [0.15, 0.2) is 0 Å². The zero-order valence-electron chi connectivity index (χ0n) is 15.4. The van der Waals surface area contributed by atoms with Crippen LogP contribution in [0.15, 0.2) is 78.0 Å². The maximum atomic E-state index is 12.6. The highest BCUT2D eigenvalue weighted by Crippen LogP contribution is 2.22. The average Bonchev–Trinajstić information content (AvgIpc) is 2.75. The van der Waals surface area contributed by atoms with E-state index in [9.17, 15) is 8.42 Å². The Hall–Kier alpha value is -3.47. The first-order chi connectivity index (χ1) is 14.1. The van der Waals surface area contributed by atoms with E-state index in [0.29, 0.717) is 11.3 Å². The lowest BCUT2D eigenvalue weighted by molar-refractivity contribution is 0.374. The molecule has 4 aromatic rings. The zero-order valence-corrected chi connectivity index (χ0v) is 16.2. The van der Waals surface area contributed by atoms with Crippen LogP contribution in [-0.2, 0) is 10.0 Å². The first-order valence-corrected chi connectivity index (χ1v) is 10.4. The number of nitrogens with one attached hydrogen (secondary N) is 1. The standard InChI is InChI=1S/C22H17N3O3S/c26-29(27,20-12-4-8-18-10-6-14-24-22(18)20)25-15-1-2-16-28-19-11-3-7-17-9-5-13-23-21(17)19/h3-14,25H,15-16H2. The topological polar surface area (TPSA) is 81.2 Å². The molecule has 2 heterocycles. The lowest BCUT2D eigenvalue weighted by atomic mass is 10.2. The van der Waals surface area contributed by atoms with Gasteiger partial charge in [0.2, 0.25) is 10.0 Å². The molecule has 0 aliphatic heterocycles. The monoisotopic (exact) mass is 403 g/mol. The molecule has 0 saturated carbocycles. The van der Waals surface area contributed by atoms with Gasteiger partial charge in [-0.1, -0.05) is 48.2 Å². The zero-order chi connectivity index (χ0) is 20.1. The van der Waals surface area contributed by atoms with Crippen LogP contribution in [0.5, 0.6) is 5.75 Å². The van der Waals surface area contributed by atoms with Crippen LogP contribution in [0.2, 0.25) is 0 Å². The summed E-state index contributed by atoms with van der Waals surface area (Å²) >= 11 is 0. The summed E-state index contributed by atoms with van der Waals surface area (Å²) in [5.74, 6) is 6.23. The van der Waals surface area contributed by atoms with Gasteiger partial charge in [-0.05, 0) is 24.3 Å². The van der Waals surface area contributed by atoms with Crippen LogP contribution in [0.1, 0.15) is 0 Å². The van der Waals surface area contributed by atoms with Gasteiger partial charge in [-0.15, -0.1) is 0 Å². The molecule has 0 atom stereocenters. The predicted octanol–water partition coefficient (Wildman–Crippen LogP) is 3.14. The maximum absolute atomic E-state index is 12.6. The van der Waals surface area contributed by atoms with Gasteiger partial charge in [0, 0.05) is 23.2 Å². The molecule has 0 spiro atoms. The second-order valence-electron chi connectivity index (χ2n) is 6.13. The second-order valence-corrected chi connectivity index (χ2v) is 7.86. The molecule has 7 heteroatoms. The Kier molecular flexibility index (Phi) is 5.38. The minimum Gasteiger partial charge on any atom is -0.479 e. The molecule has 0 bridgehead atoms. The Morgan fingerprint density at radius 1 is 0.828 bits per heavy atom. The van der Waals surface area contributed by atoms with Crippen molar-refractivity contribution in [3.8, 4) is 17.6 Å². The van der Waals surface area contributed by atoms with Crippen LogP contribution in [0, 0.1) is 11.8 Å². The minimum atomic E-state index is -3.72. The maximum Gasteiger partial charge on any atom is 0.243 e. The van der Waals surface area contributed by atoms with E-state index >= 15 is 0 Å². The fourth-order valence-electron chi connectivity index (χ4n) is 2.92. The minimum absolute atomic E-state index is 0.0251. The number of hydrogen-bond donors (Lipinski definition) is 1. The Balaban J connectivity index is 1.40. The summed E-state index contributed by atoms with van der Waals surface area (Å²) < 4.78 is 33.3. The highest BCUT2D eigenvalue weighted by Gasteiger charge is 2.16. The molecular formula is C22H17N3O3S. The number of aromatic nitrogens is 2. The van der Waals surface area contributed by atoms with Gasteiger partial charge in [-0.25, -0.2) is 8.42 Å². The van der Waals surface area contributed by atoms with Crippen molar-refractivity contribution in [2.24, 2.45) is 0 Å². The number of benzene rings is 2. The number of hydrogen-bond acceptors (Lipinski definition) is 5. The first kappa shape index (κ1) is 18.9. The lowest BCUT2D eigenvalue weighted by Gasteiger charge is -2.07. The van der Waals surface area contributed by atoms with Crippen LogP contribution in [-0.4, -0.2) is 31.5 Å². The van der Waals surface area contributed by atoms with Gasteiger partial charge in [-0.3, -0.25) is 9.97 Å². The molecule has 0 aliphatic rings. The van der Waals surface area contributed by atoms with E-state index in [2.05, 4.69) is 26.5 Å². The largest absolute Gasteiger partial charge is 0.479 e. The molecule has 0 unspecified atom stereocenters. The van der Waals surface area contributed by atoms with E-state index in [1.807, 2.05) is 42.5 Å². The third kappa shape index (κ3) is 4.19. The van der Waals surface area contributed by atoms with Gasteiger partial charge < -0.3 is 4.74 Å². The Bertz CT molecular complexity index is 1330. The normalized spacial score (nSPS) is 11.2. The summed E-state index contributed by atoms with van der Waals surface area (Å²) in [6.07, 6.45) is 3.28. The third-order valence-corrected chi connectivity index (χ3v) is 5.69. The average molecular weight is 403 g/mol. The van der Waals surface area contributed by atoms with Crippen molar-refractivity contribution >= 4 is 31.8 Å². The van der Waals surface area contributed by atoms with Crippen molar-refractivity contribution < 1.29 is 13.2 Å². The number of nitrogens with zero attached hydrogens (tertiary/aromatic N) is 2. The molecule has 0 fully saturated rings. The lowest BCUT2D eigenvalue weighted by Crippen LogP contribution is -2.24. The van der Waals surface area contributed by atoms with Crippen LogP contribution in [0.4, 0.5) is 0 Å². The third-order valence-electron chi connectivity index (χ3n) is 4.26. The van der Waals surface area contributed by atoms with E-state index in [-0.39, 0.29) is 18.0 Å². The van der Waals surface area contributed by atoms with Crippen LogP contribution < -0.4 is 9.46 Å². The molecule has 0 saturated heterocycles. The van der Waals surface area contributed by atoms with Crippen LogP contribution >= 0.6 is 0 Å². The smallest absolute Gasteiger partial charge is 0.243 e. The van der Waals surface area contributed by atoms with E-state index in [1.165, 1.54) is 6.07 Å². The van der Waals surface area contributed by atoms with Crippen molar-refractivity contribution in [1.29, 1.82) is 0 Å². The summed E-state index contributed by atoms with van der Waals surface area (Å²) in [6.45, 7) is 0.107. The van der Waals surface area contributed by atoms with E-state index in [1.54, 1.807) is 24.5 Å². The Morgan fingerprint density at radius 2 is 1.48 bits per heavy atom. The summed E-state index contributed by atoms with van der Waals surface area (Å²) in [4.78, 5) is 8.63. The highest BCUT2D eigenvalue weighted by molar-refractivity contribution is 7.89.